The van der Waals surface area contributed by atoms with E-state index in [0.717, 1.165) is 0 Å². The third kappa shape index (κ3) is 4.83. The summed E-state index contributed by atoms with van der Waals surface area (Å²) in [5.74, 6) is 0. The molecule has 86 valence electrons. The number of hydrogen-bond acceptors (Lipinski definition) is 8. The summed E-state index contributed by atoms with van der Waals surface area (Å²) in [4.78, 5) is 0. The maximum absolute atomic E-state index is 10.1. The third-order valence-corrected chi connectivity index (χ3v) is 3.13. The molecule has 0 aliphatic heterocycles. The molecule has 0 aliphatic carbocycles. The van der Waals surface area contributed by atoms with E-state index in [1.165, 1.54) is 0 Å². The molecule has 0 saturated heterocycles. The summed E-state index contributed by atoms with van der Waals surface area (Å²) in [6.45, 7) is 0. The van der Waals surface area contributed by atoms with E-state index in [1.54, 1.807) is 0 Å². The van der Waals surface area contributed by atoms with E-state index in [-0.39, 0.29) is 0 Å². The highest BCUT2D eigenvalue weighted by molar-refractivity contribution is 7.86. The second-order valence-electron chi connectivity index (χ2n) is 2.47. The molecule has 2 N–H and O–H groups in total. The summed E-state index contributed by atoms with van der Waals surface area (Å²) < 4.78 is 60.5. The van der Waals surface area contributed by atoms with E-state index in [1.807, 2.05) is 0 Å². The van der Waals surface area contributed by atoms with Crippen molar-refractivity contribution in [2.45, 2.75) is 23.7 Å². The predicted octanol–water partition coefficient (Wildman–Crippen LogP) is -2.51. The summed E-state index contributed by atoms with van der Waals surface area (Å²) in [5, 5.41) is 17.2. The van der Waals surface area contributed by atoms with Crippen LogP contribution < -0.4 is 0 Å². The number of aliphatic hydroxyl groups is 2. The maximum Gasteiger partial charge on any atom is 0.143 e. The molecule has 14 heavy (non-hydrogen) atoms. The van der Waals surface area contributed by atoms with Gasteiger partial charge in [-0.2, -0.15) is 0 Å². The van der Waals surface area contributed by atoms with Gasteiger partial charge in [0.05, 0.1) is 0 Å². The first-order chi connectivity index (χ1) is 6.05. The Labute approximate surface area is 80.7 Å². The van der Waals surface area contributed by atoms with Crippen molar-refractivity contribution in [1.29, 1.82) is 0 Å². The van der Waals surface area contributed by atoms with Gasteiger partial charge in [-0.3, -0.25) is 0 Å². The number of hydrogen-bond donors (Lipinski definition) is 2. The number of rotatable bonds is 5. The van der Waals surface area contributed by atoms with Gasteiger partial charge in [-0.25, -0.2) is 16.8 Å². The fraction of sp³-hybridized carbons (Fsp3) is 1.00. The van der Waals surface area contributed by atoms with Crippen molar-refractivity contribution in [3.05, 3.63) is 0 Å². The van der Waals surface area contributed by atoms with Gasteiger partial charge < -0.3 is 19.3 Å². The van der Waals surface area contributed by atoms with Crippen molar-refractivity contribution in [2.75, 3.05) is 0 Å². The second kappa shape index (κ2) is 4.51. The molecule has 0 aliphatic rings. The van der Waals surface area contributed by atoms with Gasteiger partial charge in [0.1, 0.15) is 31.1 Å². The highest BCUT2D eigenvalue weighted by Gasteiger charge is 2.17. The molecule has 0 bridgehead atoms. The monoisotopic (exact) mass is 248 g/mol. The van der Waals surface area contributed by atoms with Gasteiger partial charge in [-0.05, 0) is 12.8 Å². The normalized spacial score (nSPS) is 17.7. The van der Waals surface area contributed by atoms with E-state index in [4.69, 9.17) is 10.2 Å². The first-order valence-corrected chi connectivity index (χ1v) is 6.25. The summed E-state index contributed by atoms with van der Waals surface area (Å²) in [7, 11) is -9.89. The molecule has 0 saturated carbocycles. The van der Waals surface area contributed by atoms with Gasteiger partial charge in [0.2, 0.25) is 0 Å². The van der Waals surface area contributed by atoms with Crippen LogP contribution >= 0.6 is 0 Å². The van der Waals surface area contributed by atoms with Crippen LogP contribution in [0.5, 0.6) is 0 Å². The van der Waals surface area contributed by atoms with E-state index in [9.17, 15) is 25.9 Å². The van der Waals surface area contributed by atoms with Crippen LogP contribution in [0.3, 0.4) is 0 Å². The minimum absolute atomic E-state index is 0.811. The lowest BCUT2D eigenvalue weighted by Crippen LogP contribution is -2.25. The van der Waals surface area contributed by atoms with Gasteiger partial charge in [-0.15, -0.1) is 0 Å². The van der Waals surface area contributed by atoms with Crippen molar-refractivity contribution in [3.63, 3.8) is 0 Å². The molecule has 0 fully saturated rings. The van der Waals surface area contributed by atoms with Gasteiger partial charge in [0.15, 0.2) is 0 Å². The molecule has 0 aromatic carbocycles. The molecule has 0 radical (unpaired) electrons. The molecule has 0 rings (SSSR count). The lowest BCUT2D eigenvalue weighted by atomic mass is 10.3. The number of aliphatic hydroxyl groups excluding tert-OH is 2. The largest absolute Gasteiger partial charge is 0.746 e. The molecule has 0 spiro atoms. The second-order valence-corrected chi connectivity index (χ2v) is 5.53. The summed E-state index contributed by atoms with van der Waals surface area (Å²) in [5.41, 5.74) is -4.64. The van der Waals surface area contributed by atoms with E-state index in [0.29, 0.717) is 0 Å². The Morgan fingerprint density at radius 1 is 0.857 bits per heavy atom. The molecule has 10 heteroatoms. The van der Waals surface area contributed by atoms with Crippen LogP contribution in [0.25, 0.3) is 0 Å². The highest BCUT2D eigenvalue weighted by atomic mass is 32.2. The smallest absolute Gasteiger partial charge is 0.143 e. The SMILES string of the molecule is O=S(=O)([O-])C(O)CCC(O)S(=O)(=O)[O-]. The van der Waals surface area contributed by atoms with Crippen LogP contribution in [0.2, 0.25) is 0 Å². The predicted molar refractivity (Wildman–Crippen MR) is 40.6 cm³/mol. The van der Waals surface area contributed by atoms with Crippen molar-refractivity contribution in [2.24, 2.45) is 0 Å². The van der Waals surface area contributed by atoms with Gasteiger partial charge in [-0.1, -0.05) is 0 Å². The lowest BCUT2D eigenvalue weighted by Gasteiger charge is -2.18. The van der Waals surface area contributed by atoms with Crippen molar-refractivity contribution in [3.8, 4) is 0 Å². The zero-order valence-electron chi connectivity index (χ0n) is 6.73. The summed E-state index contributed by atoms with van der Waals surface area (Å²) in [6.07, 6.45) is -1.62. The molecule has 0 aromatic heterocycles. The first-order valence-electron chi connectivity index (χ1n) is 3.30. The zero-order valence-corrected chi connectivity index (χ0v) is 8.36. The quantitative estimate of drug-likeness (QED) is 0.505. The Morgan fingerprint density at radius 2 is 1.07 bits per heavy atom. The molecule has 2 atom stereocenters. The van der Waals surface area contributed by atoms with Crippen LogP contribution in [-0.2, 0) is 20.2 Å². The van der Waals surface area contributed by atoms with Crippen molar-refractivity contribution < 1.29 is 36.2 Å². The van der Waals surface area contributed by atoms with Gasteiger partial charge in [0, 0.05) is 0 Å². The van der Waals surface area contributed by atoms with E-state index in [2.05, 4.69) is 0 Å². The van der Waals surface area contributed by atoms with E-state index < -0.39 is 43.9 Å². The molecular weight excluding hydrogens is 240 g/mol. The molecule has 0 heterocycles. The van der Waals surface area contributed by atoms with Crippen molar-refractivity contribution >= 4 is 20.2 Å². The third-order valence-electron chi connectivity index (χ3n) is 1.33. The van der Waals surface area contributed by atoms with Crippen molar-refractivity contribution in [1.82, 2.24) is 0 Å². The van der Waals surface area contributed by atoms with Gasteiger partial charge >= 0.3 is 0 Å². The minimum atomic E-state index is -4.95. The molecule has 8 nitrogen and oxygen atoms in total. The molecular formula is C4H8O8S2-2. The summed E-state index contributed by atoms with van der Waals surface area (Å²) in [6, 6.07) is 0. The Hall–Kier alpha value is -0.260. The Balaban J connectivity index is 4.23. The van der Waals surface area contributed by atoms with Crippen LogP contribution in [0, 0.1) is 0 Å². The maximum atomic E-state index is 10.1. The highest BCUT2D eigenvalue weighted by Crippen LogP contribution is 2.09. The van der Waals surface area contributed by atoms with Crippen LogP contribution in [0.15, 0.2) is 0 Å². The first kappa shape index (κ1) is 13.7. The average molecular weight is 248 g/mol. The molecule has 2 unspecified atom stereocenters. The lowest BCUT2D eigenvalue weighted by molar-refractivity contribution is 0.176. The van der Waals surface area contributed by atoms with Crippen LogP contribution in [0.1, 0.15) is 12.8 Å². The van der Waals surface area contributed by atoms with Crippen LogP contribution in [0.4, 0.5) is 0 Å². The zero-order chi connectivity index (χ0) is 11.6. The Morgan fingerprint density at radius 3 is 1.21 bits per heavy atom. The van der Waals surface area contributed by atoms with Gasteiger partial charge in [0.25, 0.3) is 0 Å². The Bertz CT molecular complexity index is 328. The fourth-order valence-corrected chi connectivity index (χ4v) is 1.42. The molecule has 0 aromatic rings. The standard InChI is InChI=1S/C4H10O8S2/c5-3(13(7,8)9)1-2-4(6)14(10,11)12/h3-6H,1-2H2,(H,7,8,9)(H,10,11,12)/p-2. The molecule has 0 amide bonds. The fourth-order valence-electron chi connectivity index (χ4n) is 0.574. The topological polar surface area (TPSA) is 155 Å². The van der Waals surface area contributed by atoms with Crippen LogP contribution in [-0.4, -0.2) is 47.0 Å². The Kier molecular flexibility index (Phi) is 4.42. The van der Waals surface area contributed by atoms with E-state index >= 15 is 0 Å². The minimum Gasteiger partial charge on any atom is -0.746 e. The average Bonchev–Trinajstić information content (AvgIpc) is 1.95. The summed E-state index contributed by atoms with van der Waals surface area (Å²) >= 11 is 0.